The van der Waals surface area contributed by atoms with E-state index in [4.69, 9.17) is 0 Å². The van der Waals surface area contributed by atoms with Gasteiger partial charge in [-0.3, -0.25) is 0 Å². The van der Waals surface area contributed by atoms with Crippen LogP contribution in [0, 0.1) is 0 Å². The molecule has 0 spiro atoms. The lowest BCUT2D eigenvalue weighted by atomic mass is 10.0. The molecule has 0 amide bonds. The summed E-state index contributed by atoms with van der Waals surface area (Å²) >= 11 is 0. The number of nitrogens with one attached hydrogen (secondary N) is 1. The first-order valence-corrected chi connectivity index (χ1v) is 5.38. The van der Waals surface area contributed by atoms with E-state index < -0.39 is 0 Å². The summed E-state index contributed by atoms with van der Waals surface area (Å²) in [6.07, 6.45) is 7.27. The highest BCUT2D eigenvalue weighted by molar-refractivity contribution is 5.11. The normalized spacial score (nSPS) is 12.7. The van der Waals surface area contributed by atoms with Crippen LogP contribution < -0.4 is 5.32 Å². The SMILES string of the molecule is CCCCC(NCC)c1ccnnc1. The fourth-order valence-corrected chi connectivity index (χ4v) is 1.55. The molecule has 1 heterocycles. The van der Waals surface area contributed by atoms with E-state index in [-0.39, 0.29) is 0 Å². The molecule has 0 aliphatic rings. The Kier molecular flexibility index (Phi) is 5.15. The quantitative estimate of drug-likeness (QED) is 0.753. The summed E-state index contributed by atoms with van der Waals surface area (Å²) in [5.74, 6) is 0. The van der Waals surface area contributed by atoms with Crippen molar-refractivity contribution >= 4 is 0 Å². The lowest BCUT2D eigenvalue weighted by Crippen LogP contribution is -2.21. The van der Waals surface area contributed by atoms with Gasteiger partial charge in [0.25, 0.3) is 0 Å². The molecule has 14 heavy (non-hydrogen) atoms. The van der Waals surface area contributed by atoms with Crippen LogP contribution in [0.2, 0.25) is 0 Å². The van der Waals surface area contributed by atoms with Crippen LogP contribution in [0.1, 0.15) is 44.7 Å². The van der Waals surface area contributed by atoms with Gasteiger partial charge in [0.1, 0.15) is 0 Å². The zero-order valence-electron chi connectivity index (χ0n) is 9.03. The standard InChI is InChI=1S/C11H19N3/c1-3-5-6-11(12-4-2)10-7-8-13-14-9-10/h7-9,11-12H,3-6H2,1-2H3. The highest BCUT2D eigenvalue weighted by atomic mass is 15.1. The fourth-order valence-electron chi connectivity index (χ4n) is 1.55. The Morgan fingerprint density at radius 3 is 2.79 bits per heavy atom. The van der Waals surface area contributed by atoms with Gasteiger partial charge in [-0.15, -0.1) is 0 Å². The summed E-state index contributed by atoms with van der Waals surface area (Å²) in [5, 5.41) is 11.2. The molecule has 1 aromatic heterocycles. The van der Waals surface area contributed by atoms with Gasteiger partial charge in [0.2, 0.25) is 0 Å². The molecule has 0 bridgehead atoms. The van der Waals surface area contributed by atoms with Crippen molar-refractivity contribution in [3.8, 4) is 0 Å². The van der Waals surface area contributed by atoms with E-state index in [0.717, 1.165) is 6.54 Å². The van der Waals surface area contributed by atoms with Crippen molar-refractivity contribution in [2.45, 2.75) is 39.2 Å². The van der Waals surface area contributed by atoms with Crippen molar-refractivity contribution in [2.24, 2.45) is 0 Å². The third-order valence-corrected chi connectivity index (χ3v) is 2.31. The molecule has 1 rings (SSSR count). The van der Waals surface area contributed by atoms with E-state index in [1.54, 1.807) is 6.20 Å². The van der Waals surface area contributed by atoms with Gasteiger partial charge >= 0.3 is 0 Å². The van der Waals surface area contributed by atoms with E-state index in [1.807, 2.05) is 12.3 Å². The predicted molar refractivity (Wildman–Crippen MR) is 58.0 cm³/mol. The average Bonchev–Trinajstić information content (AvgIpc) is 2.25. The highest BCUT2D eigenvalue weighted by Gasteiger charge is 2.08. The Hall–Kier alpha value is -0.960. The van der Waals surface area contributed by atoms with Crippen LogP contribution >= 0.6 is 0 Å². The first-order chi connectivity index (χ1) is 6.88. The first kappa shape index (κ1) is 11.1. The van der Waals surface area contributed by atoms with Gasteiger partial charge in [0.15, 0.2) is 0 Å². The maximum absolute atomic E-state index is 3.91. The summed E-state index contributed by atoms with van der Waals surface area (Å²) in [5.41, 5.74) is 1.25. The summed E-state index contributed by atoms with van der Waals surface area (Å²) < 4.78 is 0. The number of unbranched alkanes of at least 4 members (excludes halogenated alkanes) is 1. The molecular formula is C11H19N3. The number of rotatable bonds is 6. The monoisotopic (exact) mass is 193 g/mol. The minimum Gasteiger partial charge on any atom is -0.310 e. The van der Waals surface area contributed by atoms with Crippen molar-refractivity contribution in [3.05, 3.63) is 24.0 Å². The zero-order valence-corrected chi connectivity index (χ0v) is 9.03. The first-order valence-electron chi connectivity index (χ1n) is 5.38. The molecule has 3 nitrogen and oxygen atoms in total. The molecular weight excluding hydrogens is 174 g/mol. The minimum absolute atomic E-state index is 0.440. The van der Waals surface area contributed by atoms with Crippen LogP contribution in [0.3, 0.4) is 0 Å². The number of nitrogens with zero attached hydrogens (tertiary/aromatic N) is 2. The molecule has 0 fully saturated rings. The largest absolute Gasteiger partial charge is 0.310 e. The fraction of sp³-hybridized carbons (Fsp3) is 0.636. The number of hydrogen-bond donors (Lipinski definition) is 1. The second kappa shape index (κ2) is 6.49. The van der Waals surface area contributed by atoms with E-state index >= 15 is 0 Å². The molecule has 0 radical (unpaired) electrons. The Labute approximate surface area is 85.9 Å². The highest BCUT2D eigenvalue weighted by Crippen LogP contribution is 2.17. The van der Waals surface area contributed by atoms with Crippen LogP contribution in [-0.2, 0) is 0 Å². The third kappa shape index (κ3) is 3.42. The van der Waals surface area contributed by atoms with Crippen LogP contribution in [0.25, 0.3) is 0 Å². The number of aromatic nitrogens is 2. The second-order valence-electron chi connectivity index (χ2n) is 3.43. The van der Waals surface area contributed by atoms with Gasteiger partial charge in [-0.05, 0) is 24.6 Å². The second-order valence-corrected chi connectivity index (χ2v) is 3.43. The Morgan fingerprint density at radius 2 is 2.21 bits per heavy atom. The predicted octanol–water partition coefficient (Wildman–Crippen LogP) is 2.32. The molecule has 1 aromatic rings. The van der Waals surface area contributed by atoms with Crippen LogP contribution in [-0.4, -0.2) is 16.7 Å². The zero-order chi connectivity index (χ0) is 10.2. The molecule has 0 aromatic carbocycles. The van der Waals surface area contributed by atoms with Crippen molar-refractivity contribution in [1.82, 2.24) is 15.5 Å². The van der Waals surface area contributed by atoms with Crippen molar-refractivity contribution in [3.63, 3.8) is 0 Å². The van der Waals surface area contributed by atoms with Crippen LogP contribution in [0.5, 0.6) is 0 Å². The summed E-state index contributed by atoms with van der Waals surface area (Å²) in [7, 11) is 0. The van der Waals surface area contributed by atoms with Crippen LogP contribution in [0.4, 0.5) is 0 Å². The summed E-state index contributed by atoms with van der Waals surface area (Å²) in [4.78, 5) is 0. The van der Waals surface area contributed by atoms with E-state index in [9.17, 15) is 0 Å². The van der Waals surface area contributed by atoms with Gasteiger partial charge in [-0.25, -0.2) is 0 Å². The smallest absolute Gasteiger partial charge is 0.0544 e. The Morgan fingerprint density at radius 1 is 1.36 bits per heavy atom. The van der Waals surface area contributed by atoms with E-state index in [0.29, 0.717) is 6.04 Å². The number of hydrogen-bond acceptors (Lipinski definition) is 3. The van der Waals surface area contributed by atoms with Crippen molar-refractivity contribution in [2.75, 3.05) is 6.54 Å². The Balaban J connectivity index is 2.58. The molecule has 0 aliphatic heterocycles. The average molecular weight is 193 g/mol. The van der Waals surface area contributed by atoms with Gasteiger partial charge in [0, 0.05) is 12.2 Å². The lowest BCUT2D eigenvalue weighted by molar-refractivity contribution is 0.492. The van der Waals surface area contributed by atoms with E-state index in [2.05, 4.69) is 29.4 Å². The third-order valence-electron chi connectivity index (χ3n) is 2.31. The topological polar surface area (TPSA) is 37.8 Å². The minimum atomic E-state index is 0.440. The van der Waals surface area contributed by atoms with Crippen LogP contribution in [0.15, 0.2) is 18.5 Å². The molecule has 0 saturated heterocycles. The molecule has 0 aliphatic carbocycles. The van der Waals surface area contributed by atoms with Gasteiger partial charge in [0.05, 0.1) is 6.20 Å². The molecule has 0 saturated carbocycles. The van der Waals surface area contributed by atoms with Crippen molar-refractivity contribution in [1.29, 1.82) is 0 Å². The Bertz CT molecular complexity index is 236. The lowest BCUT2D eigenvalue weighted by Gasteiger charge is -2.16. The van der Waals surface area contributed by atoms with Gasteiger partial charge < -0.3 is 5.32 Å². The van der Waals surface area contributed by atoms with Crippen molar-refractivity contribution < 1.29 is 0 Å². The van der Waals surface area contributed by atoms with E-state index in [1.165, 1.54) is 24.8 Å². The van der Waals surface area contributed by atoms with Gasteiger partial charge in [-0.1, -0.05) is 26.7 Å². The molecule has 3 heteroatoms. The molecule has 1 unspecified atom stereocenters. The molecule has 78 valence electrons. The molecule has 1 N–H and O–H groups in total. The maximum Gasteiger partial charge on any atom is 0.0544 e. The maximum atomic E-state index is 3.91. The molecule has 1 atom stereocenters. The summed E-state index contributed by atoms with van der Waals surface area (Å²) in [6, 6.07) is 2.48. The van der Waals surface area contributed by atoms with Gasteiger partial charge in [-0.2, -0.15) is 10.2 Å². The summed E-state index contributed by atoms with van der Waals surface area (Å²) in [6.45, 7) is 5.35.